The largest absolute Gasteiger partial charge is 0.295 e. The number of allylic oxidation sites excluding steroid dienone is 3. The maximum atomic E-state index is 4.09. The Labute approximate surface area is 315 Å². The number of thioether (sulfide) groups is 1. The van der Waals surface area contributed by atoms with Crippen LogP contribution in [0.3, 0.4) is 0 Å². The van der Waals surface area contributed by atoms with Crippen molar-refractivity contribution >= 4 is 23.9 Å². The van der Waals surface area contributed by atoms with E-state index in [2.05, 4.69) is 176 Å². The lowest BCUT2D eigenvalue weighted by atomic mass is 9.59. The Bertz CT molecular complexity index is 2730. The molecule has 0 radical (unpaired) electrons. The van der Waals surface area contributed by atoms with E-state index < -0.39 is 0 Å². The Morgan fingerprint density at radius 3 is 2.36 bits per heavy atom. The van der Waals surface area contributed by atoms with Gasteiger partial charge in [-0.05, 0) is 126 Å². The zero-order valence-corrected chi connectivity index (χ0v) is 30.4. The molecule has 6 aromatic rings. The molecule has 53 heavy (non-hydrogen) atoms. The van der Waals surface area contributed by atoms with Crippen molar-refractivity contribution in [1.82, 2.24) is 5.32 Å². The van der Waals surface area contributed by atoms with Gasteiger partial charge in [-0.1, -0.05) is 140 Å². The van der Waals surface area contributed by atoms with Gasteiger partial charge in [-0.25, -0.2) is 0 Å². The van der Waals surface area contributed by atoms with Crippen LogP contribution in [0.25, 0.3) is 45.5 Å². The second-order valence-electron chi connectivity index (χ2n) is 16.5. The van der Waals surface area contributed by atoms with Crippen molar-refractivity contribution in [1.29, 1.82) is 0 Å². The highest BCUT2D eigenvalue weighted by Gasteiger charge is 2.58. The van der Waals surface area contributed by atoms with Gasteiger partial charge in [0.15, 0.2) is 0 Å². The Hall–Kier alpha value is -5.15. The molecule has 1 fully saturated rings. The van der Waals surface area contributed by atoms with E-state index in [-0.39, 0.29) is 11.0 Å². The molecule has 1 spiro atoms. The summed E-state index contributed by atoms with van der Waals surface area (Å²) in [6, 6.07) is 47.0. The summed E-state index contributed by atoms with van der Waals surface area (Å²) in [5, 5.41) is 4.83. The summed E-state index contributed by atoms with van der Waals surface area (Å²) >= 11 is 2.13. The molecule has 13 rings (SSSR count). The first-order valence-corrected chi connectivity index (χ1v) is 20.3. The zero-order valence-electron chi connectivity index (χ0n) is 29.6. The molecule has 1 nitrogen and oxygen atoms in total. The van der Waals surface area contributed by atoms with Gasteiger partial charge in [-0.15, -0.1) is 11.8 Å². The minimum Gasteiger partial charge on any atom is -0.295 e. The molecule has 2 heteroatoms. The average molecular weight is 696 g/mol. The maximum absolute atomic E-state index is 4.09. The van der Waals surface area contributed by atoms with Gasteiger partial charge in [-0.2, -0.15) is 0 Å². The number of hydrogen-bond donors (Lipinski definition) is 1. The van der Waals surface area contributed by atoms with Gasteiger partial charge in [-0.3, -0.25) is 5.32 Å². The minimum atomic E-state index is -0.299. The number of fused-ring (bicyclic) bond motifs is 10. The summed E-state index contributed by atoms with van der Waals surface area (Å²) in [6.45, 7) is 2.45. The average Bonchev–Trinajstić information content (AvgIpc) is 3.84. The Morgan fingerprint density at radius 2 is 1.42 bits per heavy atom. The summed E-state index contributed by atoms with van der Waals surface area (Å²) in [5.41, 5.74) is 24.1. The molecular formula is C51H37NS. The Morgan fingerprint density at radius 1 is 0.642 bits per heavy atom. The van der Waals surface area contributed by atoms with Gasteiger partial charge in [0.05, 0.1) is 10.8 Å². The maximum Gasteiger partial charge on any atom is 0.0797 e. The van der Waals surface area contributed by atoms with Crippen molar-refractivity contribution in [3.63, 3.8) is 0 Å². The standard InChI is InChI=1S/C51H37NS/c1-50-26-25-31-19-17-29-18-20-33(27-41(29)45(31)48(50)53-49(52-50)32-9-3-2-4-10-32)34-22-23-36-40-24-21-30-11-7-13-37-39-15-8-14-38-35-12-5-6-16-42(35)51(46(38)39,43(36)28-34)47(40)44(30)37/h2-12,14-25,27-28,37,45,48-49,52H,13,26H2,1H3. The second-order valence-corrected chi connectivity index (χ2v) is 17.7. The number of rotatable bonds is 2. The van der Waals surface area contributed by atoms with E-state index in [9.17, 15) is 0 Å². The molecule has 1 saturated heterocycles. The molecule has 6 aromatic carbocycles. The first kappa shape index (κ1) is 29.3. The van der Waals surface area contributed by atoms with Crippen LogP contribution in [0.1, 0.15) is 92.6 Å². The summed E-state index contributed by atoms with van der Waals surface area (Å²) in [7, 11) is 0. The van der Waals surface area contributed by atoms with E-state index >= 15 is 0 Å². The second kappa shape index (κ2) is 10.1. The summed E-state index contributed by atoms with van der Waals surface area (Å²) < 4.78 is 0. The Balaban J connectivity index is 1.000. The van der Waals surface area contributed by atoms with Crippen LogP contribution in [-0.2, 0) is 5.41 Å². The molecule has 6 unspecified atom stereocenters. The summed E-state index contributed by atoms with van der Waals surface area (Å²) in [4.78, 5) is 0. The molecule has 1 aliphatic heterocycles. The van der Waals surface area contributed by atoms with Crippen LogP contribution in [0.15, 0.2) is 145 Å². The molecule has 0 aromatic heterocycles. The van der Waals surface area contributed by atoms with Gasteiger partial charge < -0.3 is 0 Å². The normalized spacial score (nSPS) is 27.9. The predicted octanol–water partition coefficient (Wildman–Crippen LogP) is 12.2. The van der Waals surface area contributed by atoms with Crippen molar-refractivity contribution in [3.05, 3.63) is 201 Å². The highest BCUT2D eigenvalue weighted by atomic mass is 32.2. The number of benzene rings is 6. The SMILES string of the molecule is CC12CC=C3C=Cc4ccc(-c5ccc6c(c5)C57c8ccccc8-c8cccc(c85)C5CC=Cc8ccc-6c7c85)cc4C3C1SC(c1ccccc1)N2. The van der Waals surface area contributed by atoms with Crippen LogP contribution in [0, 0.1) is 0 Å². The van der Waals surface area contributed by atoms with Crippen molar-refractivity contribution in [3.8, 4) is 33.4 Å². The quantitative estimate of drug-likeness (QED) is 0.193. The van der Waals surface area contributed by atoms with Gasteiger partial charge in [0.2, 0.25) is 0 Å². The first-order valence-electron chi connectivity index (χ1n) is 19.3. The topological polar surface area (TPSA) is 12.0 Å². The fraction of sp³-hybridized carbons (Fsp3) is 0.176. The minimum absolute atomic E-state index is 0.0322. The van der Waals surface area contributed by atoms with E-state index in [1.807, 2.05) is 0 Å². The fourth-order valence-corrected chi connectivity index (χ4v) is 13.6. The third-order valence-corrected chi connectivity index (χ3v) is 15.7. The van der Waals surface area contributed by atoms with E-state index in [1.54, 1.807) is 11.1 Å². The monoisotopic (exact) mass is 695 g/mol. The molecule has 0 bridgehead atoms. The smallest absolute Gasteiger partial charge is 0.0797 e. The lowest BCUT2D eigenvalue weighted by molar-refractivity contribution is 0.337. The van der Waals surface area contributed by atoms with E-state index in [1.165, 1.54) is 83.5 Å². The van der Waals surface area contributed by atoms with E-state index in [4.69, 9.17) is 0 Å². The van der Waals surface area contributed by atoms with Crippen LogP contribution < -0.4 is 5.32 Å². The van der Waals surface area contributed by atoms with Gasteiger partial charge in [0.1, 0.15) is 0 Å². The van der Waals surface area contributed by atoms with Gasteiger partial charge >= 0.3 is 0 Å². The van der Waals surface area contributed by atoms with Crippen LogP contribution in [-0.4, -0.2) is 10.8 Å². The van der Waals surface area contributed by atoms with E-state index in [0.717, 1.165) is 12.8 Å². The van der Waals surface area contributed by atoms with E-state index in [0.29, 0.717) is 22.5 Å². The fourth-order valence-electron chi connectivity index (χ4n) is 11.8. The zero-order chi connectivity index (χ0) is 34.6. The Kier molecular flexibility index (Phi) is 5.58. The van der Waals surface area contributed by atoms with Crippen LogP contribution >= 0.6 is 11.8 Å². The van der Waals surface area contributed by atoms with Crippen LogP contribution in [0.2, 0.25) is 0 Å². The first-order chi connectivity index (χ1) is 26.1. The van der Waals surface area contributed by atoms with Crippen LogP contribution in [0.5, 0.6) is 0 Å². The molecule has 252 valence electrons. The lowest BCUT2D eigenvalue weighted by Crippen LogP contribution is -2.49. The summed E-state index contributed by atoms with van der Waals surface area (Å²) in [5.74, 6) is 0.751. The third kappa shape index (κ3) is 3.55. The van der Waals surface area contributed by atoms with Crippen LogP contribution in [0.4, 0.5) is 0 Å². The van der Waals surface area contributed by atoms with Crippen molar-refractivity contribution in [2.75, 3.05) is 0 Å². The highest BCUT2D eigenvalue weighted by Crippen LogP contribution is 2.69. The lowest BCUT2D eigenvalue weighted by Gasteiger charge is -2.42. The molecule has 6 aliphatic carbocycles. The van der Waals surface area contributed by atoms with Gasteiger partial charge in [0, 0.05) is 22.6 Å². The molecule has 0 saturated carbocycles. The predicted molar refractivity (Wildman–Crippen MR) is 220 cm³/mol. The van der Waals surface area contributed by atoms with Crippen molar-refractivity contribution in [2.45, 2.75) is 53.2 Å². The van der Waals surface area contributed by atoms with Gasteiger partial charge in [0.25, 0.3) is 0 Å². The third-order valence-electron chi connectivity index (χ3n) is 14.0. The molecule has 1 N–H and O–H groups in total. The molecular weight excluding hydrogens is 659 g/mol. The number of nitrogens with one attached hydrogen (secondary N) is 1. The molecule has 7 aliphatic rings. The molecule has 0 amide bonds. The van der Waals surface area contributed by atoms with Crippen molar-refractivity contribution in [2.24, 2.45) is 0 Å². The van der Waals surface area contributed by atoms with Crippen molar-refractivity contribution < 1.29 is 0 Å². The molecule has 6 atom stereocenters. The molecule has 1 heterocycles. The summed E-state index contributed by atoms with van der Waals surface area (Å²) in [6.07, 6.45) is 14.2. The number of hydrogen-bond acceptors (Lipinski definition) is 2. The highest BCUT2D eigenvalue weighted by molar-refractivity contribution is 8.00.